The molecule has 3 aromatic rings. The fourth-order valence-corrected chi connectivity index (χ4v) is 10.2. The molecule has 2 aromatic carbocycles. The van der Waals surface area contributed by atoms with Gasteiger partial charge in [-0.15, -0.1) is 11.3 Å². The SMILES string of the molecule is CC(=O)O[C@@]1(c2ccc(-c3ccc(-c4ccc(C(F)(F)F)cc4)cc3)s2)C(CC[Si](C)(C)C)CCCS1(=O)=O. The Hall–Kier alpha value is -2.43. The molecule has 4 rings (SSSR count). The van der Waals surface area contributed by atoms with E-state index in [-0.39, 0.29) is 11.7 Å². The molecule has 1 fully saturated rings. The fourth-order valence-electron chi connectivity index (χ4n) is 5.18. The first-order chi connectivity index (χ1) is 18.1. The van der Waals surface area contributed by atoms with E-state index < -0.39 is 40.6 Å². The van der Waals surface area contributed by atoms with Gasteiger partial charge in [-0.05, 0) is 60.2 Å². The Balaban J connectivity index is 1.68. The third kappa shape index (κ3) is 6.33. The van der Waals surface area contributed by atoms with E-state index in [1.54, 1.807) is 6.07 Å². The highest BCUT2D eigenvalue weighted by Crippen LogP contribution is 2.51. The summed E-state index contributed by atoms with van der Waals surface area (Å²) in [4.78, 5) is 12.0. The highest BCUT2D eigenvalue weighted by molar-refractivity contribution is 7.92. The minimum atomic E-state index is -4.39. The summed E-state index contributed by atoms with van der Waals surface area (Å²) in [6.45, 7) is 8.00. The zero-order chi connectivity index (χ0) is 28.6. The molecule has 1 saturated heterocycles. The van der Waals surface area contributed by atoms with Gasteiger partial charge in [0.1, 0.15) is 0 Å². The second-order valence-electron chi connectivity index (χ2n) is 11.3. The molecule has 1 aromatic heterocycles. The molecular weight excluding hydrogens is 562 g/mol. The van der Waals surface area contributed by atoms with Gasteiger partial charge in [0.15, 0.2) is 9.84 Å². The van der Waals surface area contributed by atoms with Crippen molar-refractivity contribution >= 4 is 35.2 Å². The number of benzene rings is 2. The number of carbonyl (C=O) groups excluding carboxylic acids is 1. The van der Waals surface area contributed by atoms with Crippen LogP contribution < -0.4 is 0 Å². The largest absolute Gasteiger partial charge is 0.437 e. The van der Waals surface area contributed by atoms with E-state index in [2.05, 4.69) is 19.6 Å². The number of hydrogen-bond acceptors (Lipinski definition) is 5. The standard InChI is InChI=1S/C29H33F3O4S2Si/c1-20(33)36-28(24(17-19-39(2,3)4)6-5-18-38(28,34)35)27-16-15-26(37-27)23-9-7-21(8-10-23)22-11-13-25(14-12-22)29(30,31)32/h7-16,24H,5-6,17-19H2,1-4H3/t24?,28-/m0/s1. The van der Waals surface area contributed by atoms with Crippen LogP contribution in [0.15, 0.2) is 60.7 Å². The normalized spacial score (nSPS) is 21.5. The molecule has 39 heavy (non-hydrogen) atoms. The summed E-state index contributed by atoms with van der Waals surface area (Å²) in [5.41, 5.74) is 1.57. The molecule has 210 valence electrons. The lowest BCUT2D eigenvalue weighted by Crippen LogP contribution is -2.50. The number of thiophene rings is 1. The predicted molar refractivity (Wildman–Crippen MR) is 153 cm³/mol. The van der Waals surface area contributed by atoms with Crippen molar-refractivity contribution in [3.8, 4) is 21.6 Å². The lowest BCUT2D eigenvalue weighted by atomic mass is 9.91. The van der Waals surface area contributed by atoms with Crippen molar-refractivity contribution in [2.75, 3.05) is 5.75 Å². The van der Waals surface area contributed by atoms with Crippen molar-refractivity contribution < 1.29 is 31.1 Å². The highest BCUT2D eigenvalue weighted by atomic mass is 32.2. The number of ether oxygens (including phenoxy) is 1. The maximum Gasteiger partial charge on any atom is 0.416 e. The van der Waals surface area contributed by atoms with Gasteiger partial charge in [0.2, 0.25) is 4.93 Å². The second-order valence-corrected chi connectivity index (χ2v) is 20.3. The molecule has 1 unspecified atom stereocenters. The molecule has 0 spiro atoms. The second kappa shape index (κ2) is 10.9. The Kier molecular flexibility index (Phi) is 8.22. The monoisotopic (exact) mass is 594 g/mol. The van der Waals surface area contributed by atoms with Gasteiger partial charge < -0.3 is 4.74 Å². The Morgan fingerprint density at radius 1 is 0.974 bits per heavy atom. The maximum absolute atomic E-state index is 13.7. The quantitative estimate of drug-likeness (QED) is 0.204. The number of esters is 1. The van der Waals surface area contributed by atoms with Crippen LogP contribution in [0.5, 0.6) is 0 Å². The first kappa shape index (κ1) is 29.5. The Morgan fingerprint density at radius 2 is 1.54 bits per heavy atom. The van der Waals surface area contributed by atoms with Crippen molar-refractivity contribution in [3.63, 3.8) is 0 Å². The number of rotatable bonds is 7. The number of alkyl halides is 3. The number of carbonyl (C=O) groups is 1. The van der Waals surface area contributed by atoms with Crippen molar-refractivity contribution in [3.05, 3.63) is 71.1 Å². The van der Waals surface area contributed by atoms with Crippen LogP contribution in [0.2, 0.25) is 25.7 Å². The fraction of sp³-hybridized carbons (Fsp3) is 0.414. The summed E-state index contributed by atoms with van der Waals surface area (Å²) in [6.07, 6.45) is -2.49. The lowest BCUT2D eigenvalue weighted by Gasteiger charge is -2.42. The van der Waals surface area contributed by atoms with Crippen molar-refractivity contribution in [2.45, 2.75) is 63.0 Å². The van der Waals surface area contributed by atoms with Crippen LogP contribution in [0, 0.1) is 5.92 Å². The smallest absolute Gasteiger partial charge is 0.416 e. The van der Waals surface area contributed by atoms with Crippen molar-refractivity contribution in [1.82, 2.24) is 0 Å². The average Bonchev–Trinajstić information content (AvgIpc) is 3.34. The topological polar surface area (TPSA) is 60.4 Å². The molecule has 0 radical (unpaired) electrons. The zero-order valence-electron chi connectivity index (χ0n) is 22.5. The lowest BCUT2D eigenvalue weighted by molar-refractivity contribution is -0.155. The third-order valence-corrected chi connectivity index (χ3v) is 12.7. The average molecular weight is 595 g/mol. The van der Waals surface area contributed by atoms with E-state index >= 15 is 0 Å². The van der Waals surface area contributed by atoms with Crippen LogP contribution in [0.1, 0.15) is 36.6 Å². The van der Waals surface area contributed by atoms with Gasteiger partial charge in [-0.3, -0.25) is 4.79 Å². The van der Waals surface area contributed by atoms with Gasteiger partial charge in [-0.25, -0.2) is 8.42 Å². The highest BCUT2D eigenvalue weighted by Gasteiger charge is 2.57. The van der Waals surface area contributed by atoms with Crippen molar-refractivity contribution in [1.29, 1.82) is 0 Å². The molecule has 0 N–H and O–H groups in total. The molecule has 0 saturated carbocycles. The summed E-state index contributed by atoms with van der Waals surface area (Å²) < 4.78 is 71.9. The number of sulfone groups is 1. The summed E-state index contributed by atoms with van der Waals surface area (Å²) in [5, 5.41) is 0. The van der Waals surface area contributed by atoms with Crippen LogP contribution in [-0.4, -0.2) is 28.2 Å². The molecule has 0 amide bonds. The van der Waals surface area contributed by atoms with Crippen LogP contribution in [-0.2, 0) is 30.5 Å². The molecular formula is C29H33F3O4S2Si. The van der Waals surface area contributed by atoms with Gasteiger partial charge in [-0.2, -0.15) is 13.2 Å². The summed E-state index contributed by atoms with van der Waals surface area (Å²) >= 11 is 1.31. The molecule has 10 heteroatoms. The molecule has 0 aliphatic carbocycles. The Bertz CT molecular complexity index is 1420. The summed E-state index contributed by atoms with van der Waals surface area (Å²) in [6, 6.07) is 16.9. The molecule has 2 heterocycles. The molecule has 2 atom stereocenters. The zero-order valence-corrected chi connectivity index (χ0v) is 25.1. The molecule has 4 nitrogen and oxygen atoms in total. The third-order valence-electron chi connectivity index (χ3n) is 7.17. The predicted octanol–water partition coefficient (Wildman–Crippen LogP) is 8.37. The number of halogens is 3. The van der Waals surface area contributed by atoms with Crippen LogP contribution in [0.3, 0.4) is 0 Å². The number of hydrogen-bond donors (Lipinski definition) is 0. The van der Waals surface area contributed by atoms with Gasteiger partial charge in [0.05, 0.1) is 16.2 Å². The maximum atomic E-state index is 13.7. The van der Waals surface area contributed by atoms with E-state index in [4.69, 9.17) is 4.74 Å². The van der Waals surface area contributed by atoms with E-state index in [0.717, 1.165) is 34.2 Å². The van der Waals surface area contributed by atoms with Gasteiger partial charge in [0.25, 0.3) is 0 Å². The molecule has 1 aliphatic rings. The van der Waals surface area contributed by atoms with Gasteiger partial charge >= 0.3 is 12.1 Å². The van der Waals surface area contributed by atoms with E-state index in [1.165, 1.54) is 30.4 Å². The minimum absolute atomic E-state index is 0.0290. The Morgan fingerprint density at radius 3 is 2.08 bits per heavy atom. The van der Waals surface area contributed by atoms with Gasteiger partial charge in [0, 0.05) is 25.8 Å². The van der Waals surface area contributed by atoms with Crippen molar-refractivity contribution in [2.24, 2.45) is 5.92 Å². The van der Waals surface area contributed by atoms with E-state index in [1.807, 2.05) is 30.3 Å². The first-order valence-electron chi connectivity index (χ1n) is 12.9. The molecule has 0 bridgehead atoms. The first-order valence-corrected chi connectivity index (χ1v) is 19.1. The Labute approximate surface area is 233 Å². The summed E-state index contributed by atoms with van der Waals surface area (Å²) in [5.74, 6) is -0.964. The van der Waals surface area contributed by atoms with Crippen LogP contribution in [0.4, 0.5) is 13.2 Å². The van der Waals surface area contributed by atoms with Crippen LogP contribution >= 0.6 is 11.3 Å². The van der Waals surface area contributed by atoms with E-state index in [0.29, 0.717) is 29.7 Å². The molecule has 1 aliphatic heterocycles. The van der Waals surface area contributed by atoms with Gasteiger partial charge in [-0.1, -0.05) is 62.1 Å². The summed E-state index contributed by atoms with van der Waals surface area (Å²) in [7, 11) is -5.25. The van der Waals surface area contributed by atoms with Crippen LogP contribution in [0.25, 0.3) is 21.6 Å². The van der Waals surface area contributed by atoms with E-state index in [9.17, 15) is 26.4 Å². The minimum Gasteiger partial charge on any atom is -0.437 e.